The van der Waals surface area contributed by atoms with Gasteiger partial charge in [0.25, 0.3) is 0 Å². The van der Waals surface area contributed by atoms with Crippen LogP contribution in [0.25, 0.3) is 10.1 Å². The maximum atomic E-state index is 9.19. The van der Waals surface area contributed by atoms with Crippen LogP contribution in [0.3, 0.4) is 0 Å². The van der Waals surface area contributed by atoms with Crippen molar-refractivity contribution in [3.05, 3.63) is 28.6 Å². The summed E-state index contributed by atoms with van der Waals surface area (Å²) in [6.45, 7) is 2.06. The van der Waals surface area contributed by atoms with Crippen molar-refractivity contribution in [3.8, 4) is 0 Å². The van der Waals surface area contributed by atoms with Crippen LogP contribution in [-0.4, -0.2) is 5.11 Å². The van der Waals surface area contributed by atoms with E-state index in [2.05, 4.69) is 0 Å². The zero-order chi connectivity index (χ0) is 9.42. The van der Waals surface area contributed by atoms with Crippen molar-refractivity contribution in [2.45, 2.75) is 13.5 Å². The van der Waals surface area contributed by atoms with Gasteiger partial charge in [-0.3, -0.25) is 0 Å². The van der Waals surface area contributed by atoms with Crippen molar-refractivity contribution in [3.63, 3.8) is 0 Å². The number of anilines is 1. The Bertz CT molecular complexity index is 447. The van der Waals surface area contributed by atoms with Gasteiger partial charge >= 0.3 is 0 Å². The molecule has 1 aromatic carbocycles. The number of benzene rings is 1. The van der Waals surface area contributed by atoms with Crippen LogP contribution in [0.4, 0.5) is 5.69 Å². The quantitative estimate of drug-likeness (QED) is 0.682. The summed E-state index contributed by atoms with van der Waals surface area (Å²) in [7, 11) is 0. The molecule has 0 unspecified atom stereocenters. The lowest BCUT2D eigenvalue weighted by molar-refractivity contribution is 0.283. The Kier molecular flexibility index (Phi) is 1.98. The molecule has 3 N–H and O–H groups in total. The average molecular weight is 193 g/mol. The second kappa shape index (κ2) is 3.01. The molecule has 0 radical (unpaired) electrons. The first kappa shape index (κ1) is 8.53. The molecular formula is C10H11NOS. The maximum absolute atomic E-state index is 9.19. The van der Waals surface area contributed by atoms with E-state index in [1.165, 1.54) is 0 Å². The number of fused-ring (bicyclic) bond motifs is 1. The first-order chi connectivity index (χ1) is 6.24. The van der Waals surface area contributed by atoms with Gasteiger partial charge in [0.05, 0.1) is 6.61 Å². The number of nitrogen functional groups attached to an aromatic ring is 1. The smallest absolute Gasteiger partial charge is 0.0698 e. The molecule has 1 aromatic heterocycles. The maximum Gasteiger partial charge on any atom is 0.0698 e. The Morgan fingerprint density at radius 2 is 2.31 bits per heavy atom. The SMILES string of the molecule is Cc1cc(N)c2ccsc2c1CO. The van der Waals surface area contributed by atoms with Gasteiger partial charge in [-0.25, -0.2) is 0 Å². The van der Waals surface area contributed by atoms with E-state index in [-0.39, 0.29) is 6.61 Å². The first-order valence-electron chi connectivity index (χ1n) is 4.10. The van der Waals surface area contributed by atoms with Crippen LogP contribution >= 0.6 is 11.3 Å². The molecule has 0 aliphatic heterocycles. The van der Waals surface area contributed by atoms with Gasteiger partial charge in [0.2, 0.25) is 0 Å². The number of hydrogen-bond donors (Lipinski definition) is 2. The summed E-state index contributed by atoms with van der Waals surface area (Å²) >= 11 is 1.63. The van der Waals surface area contributed by atoms with Gasteiger partial charge in [-0.15, -0.1) is 11.3 Å². The molecule has 0 saturated heterocycles. The Morgan fingerprint density at radius 3 is 3.00 bits per heavy atom. The van der Waals surface area contributed by atoms with E-state index in [4.69, 9.17) is 5.73 Å². The third-order valence-electron chi connectivity index (χ3n) is 2.26. The Labute approximate surface area is 80.6 Å². The zero-order valence-electron chi connectivity index (χ0n) is 7.37. The molecular weight excluding hydrogens is 182 g/mol. The summed E-state index contributed by atoms with van der Waals surface area (Å²) in [5.74, 6) is 0. The minimum Gasteiger partial charge on any atom is -0.398 e. The van der Waals surface area contributed by atoms with Crippen LogP contribution in [-0.2, 0) is 6.61 Å². The van der Waals surface area contributed by atoms with Crippen LogP contribution in [0.5, 0.6) is 0 Å². The fourth-order valence-corrected chi connectivity index (χ4v) is 2.56. The summed E-state index contributed by atoms with van der Waals surface area (Å²) in [6.07, 6.45) is 0. The molecule has 0 aliphatic rings. The summed E-state index contributed by atoms with van der Waals surface area (Å²) in [6, 6.07) is 3.91. The van der Waals surface area contributed by atoms with Crippen molar-refractivity contribution < 1.29 is 5.11 Å². The molecule has 68 valence electrons. The van der Waals surface area contributed by atoms with Crippen LogP contribution in [0.1, 0.15) is 11.1 Å². The van der Waals surface area contributed by atoms with Crippen LogP contribution in [0, 0.1) is 6.92 Å². The summed E-state index contributed by atoms with van der Waals surface area (Å²) < 4.78 is 1.11. The summed E-state index contributed by atoms with van der Waals surface area (Å²) in [5, 5.41) is 12.2. The van der Waals surface area contributed by atoms with E-state index in [0.29, 0.717) is 0 Å². The van der Waals surface area contributed by atoms with Gasteiger partial charge < -0.3 is 10.8 Å². The standard InChI is InChI=1S/C10H11NOS/c1-6-4-9(11)7-2-3-13-10(7)8(6)5-12/h2-4,12H,5,11H2,1H3. The number of thiophene rings is 1. The molecule has 0 atom stereocenters. The molecule has 0 amide bonds. The second-order valence-electron chi connectivity index (χ2n) is 3.08. The van der Waals surface area contributed by atoms with Crippen LogP contribution in [0.2, 0.25) is 0 Å². The second-order valence-corrected chi connectivity index (χ2v) is 4.00. The van der Waals surface area contributed by atoms with Crippen molar-refractivity contribution in [1.82, 2.24) is 0 Å². The molecule has 2 nitrogen and oxygen atoms in total. The number of rotatable bonds is 1. The number of aryl methyl sites for hydroxylation is 1. The highest BCUT2D eigenvalue weighted by Crippen LogP contribution is 2.31. The highest BCUT2D eigenvalue weighted by molar-refractivity contribution is 7.17. The molecule has 3 heteroatoms. The first-order valence-corrected chi connectivity index (χ1v) is 4.98. The van der Waals surface area contributed by atoms with Gasteiger partial charge in [0, 0.05) is 15.8 Å². The fraction of sp³-hybridized carbons (Fsp3) is 0.200. The molecule has 0 spiro atoms. The zero-order valence-corrected chi connectivity index (χ0v) is 8.19. The Morgan fingerprint density at radius 1 is 1.54 bits per heavy atom. The Balaban J connectivity index is 2.88. The minimum absolute atomic E-state index is 0.0864. The molecule has 0 bridgehead atoms. The van der Waals surface area contributed by atoms with Gasteiger partial charge in [-0.05, 0) is 35.6 Å². The lowest BCUT2D eigenvalue weighted by Crippen LogP contribution is -1.93. The average Bonchev–Trinajstić information content (AvgIpc) is 2.53. The van der Waals surface area contributed by atoms with Crippen molar-refractivity contribution in [2.24, 2.45) is 0 Å². The molecule has 0 aliphatic carbocycles. The fourth-order valence-electron chi connectivity index (χ4n) is 1.54. The molecule has 1 heterocycles. The van der Waals surface area contributed by atoms with Crippen molar-refractivity contribution in [2.75, 3.05) is 5.73 Å². The van der Waals surface area contributed by atoms with E-state index in [1.807, 2.05) is 24.4 Å². The predicted octanol–water partition coefficient (Wildman–Crippen LogP) is 2.28. The number of aliphatic hydroxyl groups excluding tert-OH is 1. The number of hydrogen-bond acceptors (Lipinski definition) is 3. The molecule has 0 fully saturated rings. The highest BCUT2D eigenvalue weighted by Gasteiger charge is 2.07. The van der Waals surface area contributed by atoms with Gasteiger partial charge in [-0.1, -0.05) is 0 Å². The topological polar surface area (TPSA) is 46.2 Å². The van der Waals surface area contributed by atoms with E-state index >= 15 is 0 Å². The van der Waals surface area contributed by atoms with E-state index < -0.39 is 0 Å². The van der Waals surface area contributed by atoms with Gasteiger partial charge in [0.15, 0.2) is 0 Å². The van der Waals surface area contributed by atoms with E-state index in [1.54, 1.807) is 11.3 Å². The molecule has 2 aromatic rings. The van der Waals surface area contributed by atoms with Crippen molar-refractivity contribution >= 4 is 27.1 Å². The summed E-state index contributed by atoms with van der Waals surface area (Å²) in [5.41, 5.74) is 8.71. The normalized spacial score (nSPS) is 10.9. The molecule has 13 heavy (non-hydrogen) atoms. The summed E-state index contributed by atoms with van der Waals surface area (Å²) in [4.78, 5) is 0. The lowest BCUT2D eigenvalue weighted by atomic mass is 10.1. The minimum atomic E-state index is 0.0864. The largest absolute Gasteiger partial charge is 0.398 e. The third kappa shape index (κ3) is 1.20. The lowest BCUT2D eigenvalue weighted by Gasteiger charge is -2.06. The van der Waals surface area contributed by atoms with E-state index in [0.717, 1.165) is 26.9 Å². The molecule has 2 rings (SSSR count). The monoisotopic (exact) mass is 193 g/mol. The highest BCUT2D eigenvalue weighted by atomic mass is 32.1. The van der Waals surface area contributed by atoms with Crippen molar-refractivity contribution in [1.29, 1.82) is 0 Å². The third-order valence-corrected chi connectivity index (χ3v) is 3.23. The van der Waals surface area contributed by atoms with Gasteiger partial charge in [-0.2, -0.15) is 0 Å². The predicted molar refractivity (Wildman–Crippen MR) is 56.9 cm³/mol. The number of nitrogens with two attached hydrogens (primary N) is 1. The van der Waals surface area contributed by atoms with Gasteiger partial charge in [0.1, 0.15) is 0 Å². The van der Waals surface area contributed by atoms with Crippen LogP contribution in [0.15, 0.2) is 17.5 Å². The van der Waals surface area contributed by atoms with Crippen LogP contribution < -0.4 is 5.73 Å². The van der Waals surface area contributed by atoms with E-state index in [9.17, 15) is 5.11 Å². The Hall–Kier alpha value is -1.06. The molecule has 0 saturated carbocycles. The number of aliphatic hydroxyl groups is 1.